The summed E-state index contributed by atoms with van der Waals surface area (Å²) in [4.78, 5) is 12.5. The second kappa shape index (κ2) is 8.21. The molecule has 1 heterocycles. The maximum absolute atomic E-state index is 12.9. The van der Waals surface area contributed by atoms with Crippen molar-refractivity contribution in [2.45, 2.75) is 25.0 Å². The number of rotatable bonds is 7. The van der Waals surface area contributed by atoms with Crippen LogP contribution in [0.25, 0.3) is 0 Å². The minimum Gasteiger partial charge on any atom is -0.497 e. The van der Waals surface area contributed by atoms with Crippen molar-refractivity contribution in [1.82, 2.24) is 13.5 Å². The van der Waals surface area contributed by atoms with Crippen molar-refractivity contribution in [3.63, 3.8) is 0 Å². The predicted octanol–water partition coefficient (Wildman–Crippen LogP) is 0.417. The van der Waals surface area contributed by atoms with Crippen molar-refractivity contribution in [1.29, 1.82) is 0 Å². The van der Waals surface area contributed by atoms with Gasteiger partial charge < -0.3 is 19.8 Å². The highest BCUT2D eigenvalue weighted by Crippen LogP contribution is 2.28. The van der Waals surface area contributed by atoms with Crippen LogP contribution in [0.4, 0.5) is 4.79 Å². The molecule has 146 valence electrons. The lowest BCUT2D eigenvalue weighted by molar-refractivity contribution is 0.0997. The Morgan fingerprint density at radius 3 is 2.38 bits per heavy atom. The standard InChI is InChI=1S/C16H25N3O6S/c1-17(2)26(23,24)19(10-12-4-6-13(25-3)7-5-12)14-8-9-18(16(21)22)15(14)11-20/h4-7,14-15,20H,8-11H2,1-3H3,(H,21,22). The Morgan fingerprint density at radius 2 is 1.92 bits per heavy atom. The normalized spacial score (nSPS) is 20.8. The smallest absolute Gasteiger partial charge is 0.407 e. The molecule has 0 bridgehead atoms. The van der Waals surface area contributed by atoms with E-state index in [0.29, 0.717) is 12.2 Å². The molecule has 2 N–H and O–H groups in total. The van der Waals surface area contributed by atoms with Crippen molar-refractivity contribution >= 4 is 16.3 Å². The summed E-state index contributed by atoms with van der Waals surface area (Å²) < 4.78 is 33.2. The molecule has 0 saturated carbocycles. The Kier molecular flexibility index (Phi) is 6.45. The monoisotopic (exact) mass is 387 g/mol. The first kappa shape index (κ1) is 20.4. The number of methoxy groups -OCH3 is 1. The van der Waals surface area contributed by atoms with Crippen LogP contribution in [0.5, 0.6) is 5.75 Å². The number of amides is 1. The molecule has 1 fully saturated rings. The molecule has 10 heteroatoms. The van der Waals surface area contributed by atoms with Gasteiger partial charge in [-0.2, -0.15) is 17.0 Å². The van der Waals surface area contributed by atoms with Crippen LogP contribution in [0.3, 0.4) is 0 Å². The second-order valence-electron chi connectivity index (χ2n) is 6.27. The minimum atomic E-state index is -3.82. The zero-order valence-electron chi connectivity index (χ0n) is 15.1. The highest BCUT2D eigenvalue weighted by atomic mass is 32.2. The van der Waals surface area contributed by atoms with E-state index in [1.165, 1.54) is 18.4 Å². The summed E-state index contributed by atoms with van der Waals surface area (Å²) in [5.41, 5.74) is 0.738. The molecule has 26 heavy (non-hydrogen) atoms. The lowest BCUT2D eigenvalue weighted by Crippen LogP contribution is -2.52. The average molecular weight is 387 g/mol. The van der Waals surface area contributed by atoms with Crippen LogP contribution in [0.2, 0.25) is 0 Å². The van der Waals surface area contributed by atoms with Gasteiger partial charge in [0.2, 0.25) is 0 Å². The zero-order valence-corrected chi connectivity index (χ0v) is 15.9. The highest BCUT2D eigenvalue weighted by molar-refractivity contribution is 7.86. The molecule has 0 aromatic heterocycles. The SMILES string of the molecule is COc1ccc(CN(C2CCN(C(=O)O)C2CO)S(=O)(=O)N(C)C)cc1. The van der Waals surface area contributed by atoms with Crippen LogP contribution in [0.15, 0.2) is 24.3 Å². The summed E-state index contributed by atoms with van der Waals surface area (Å²) >= 11 is 0. The summed E-state index contributed by atoms with van der Waals surface area (Å²) in [6, 6.07) is 5.53. The lowest BCUT2D eigenvalue weighted by Gasteiger charge is -2.34. The number of nitrogens with zero attached hydrogens (tertiary/aromatic N) is 3. The maximum Gasteiger partial charge on any atom is 0.407 e. The Labute approximate surface area is 153 Å². The number of carbonyl (C=O) groups is 1. The highest BCUT2D eigenvalue weighted by Gasteiger charge is 2.44. The Hall–Kier alpha value is -1.88. The van der Waals surface area contributed by atoms with Crippen LogP contribution < -0.4 is 4.74 Å². The van der Waals surface area contributed by atoms with E-state index in [0.717, 1.165) is 14.8 Å². The fourth-order valence-electron chi connectivity index (χ4n) is 3.12. The van der Waals surface area contributed by atoms with Crippen molar-refractivity contribution in [2.75, 3.05) is 34.4 Å². The van der Waals surface area contributed by atoms with Crippen LogP contribution in [-0.4, -0.2) is 84.7 Å². The van der Waals surface area contributed by atoms with Gasteiger partial charge in [-0.05, 0) is 24.1 Å². The Balaban J connectivity index is 2.36. The van der Waals surface area contributed by atoms with Crippen molar-refractivity contribution in [3.05, 3.63) is 29.8 Å². The molecule has 1 aliphatic rings. The molecule has 1 amide bonds. The number of likely N-dealkylation sites (tertiary alicyclic amines) is 1. The molecule has 1 aliphatic heterocycles. The number of hydrogen-bond donors (Lipinski definition) is 2. The molecule has 2 rings (SSSR count). The molecule has 2 atom stereocenters. The van der Waals surface area contributed by atoms with Gasteiger partial charge in [0.05, 0.1) is 25.8 Å². The van der Waals surface area contributed by atoms with Crippen LogP contribution >= 0.6 is 0 Å². The quantitative estimate of drug-likeness (QED) is 0.701. The molecular weight excluding hydrogens is 362 g/mol. The average Bonchev–Trinajstić information content (AvgIpc) is 3.03. The van der Waals surface area contributed by atoms with E-state index in [9.17, 15) is 23.4 Å². The van der Waals surface area contributed by atoms with E-state index in [4.69, 9.17) is 4.74 Å². The van der Waals surface area contributed by atoms with Gasteiger partial charge in [0, 0.05) is 27.2 Å². The summed E-state index contributed by atoms with van der Waals surface area (Å²) in [6.45, 7) is -0.203. The van der Waals surface area contributed by atoms with Crippen molar-refractivity contribution in [2.24, 2.45) is 0 Å². The molecule has 2 unspecified atom stereocenters. The molecule has 9 nitrogen and oxygen atoms in total. The third kappa shape index (κ3) is 4.09. The number of hydrogen-bond acceptors (Lipinski definition) is 5. The number of aliphatic hydroxyl groups is 1. The summed E-state index contributed by atoms with van der Waals surface area (Å²) in [5.74, 6) is 0.655. The Bertz CT molecular complexity index is 722. The van der Waals surface area contributed by atoms with E-state index in [1.807, 2.05) is 0 Å². The number of aliphatic hydroxyl groups excluding tert-OH is 1. The first-order valence-electron chi connectivity index (χ1n) is 8.15. The number of carboxylic acid groups (broad SMARTS) is 1. The number of benzene rings is 1. The summed E-state index contributed by atoms with van der Waals surface area (Å²) in [5, 5.41) is 19.0. The van der Waals surface area contributed by atoms with Gasteiger partial charge in [0.15, 0.2) is 0 Å². The Morgan fingerprint density at radius 1 is 1.31 bits per heavy atom. The van der Waals surface area contributed by atoms with Crippen molar-refractivity contribution < 1.29 is 28.2 Å². The van der Waals surface area contributed by atoms with E-state index in [2.05, 4.69) is 0 Å². The summed E-state index contributed by atoms with van der Waals surface area (Å²) in [6.07, 6.45) is -0.848. The third-order valence-electron chi connectivity index (χ3n) is 4.57. The van der Waals surface area contributed by atoms with Gasteiger partial charge in [-0.15, -0.1) is 0 Å². The van der Waals surface area contributed by atoms with Gasteiger partial charge in [-0.1, -0.05) is 12.1 Å². The zero-order chi connectivity index (χ0) is 19.5. The maximum atomic E-state index is 12.9. The van der Waals surface area contributed by atoms with E-state index in [-0.39, 0.29) is 13.1 Å². The van der Waals surface area contributed by atoms with Gasteiger partial charge in [-0.25, -0.2) is 4.79 Å². The van der Waals surface area contributed by atoms with Crippen molar-refractivity contribution in [3.8, 4) is 5.75 Å². The number of ether oxygens (including phenoxy) is 1. The van der Waals surface area contributed by atoms with Crippen LogP contribution in [0.1, 0.15) is 12.0 Å². The van der Waals surface area contributed by atoms with E-state index >= 15 is 0 Å². The fourth-order valence-corrected chi connectivity index (χ4v) is 4.44. The molecule has 0 radical (unpaired) electrons. The summed E-state index contributed by atoms with van der Waals surface area (Å²) in [7, 11) is 0.570. The molecule has 0 spiro atoms. The molecule has 0 aliphatic carbocycles. The molecular formula is C16H25N3O6S. The van der Waals surface area contributed by atoms with Crippen LogP contribution in [0, 0.1) is 0 Å². The topological polar surface area (TPSA) is 111 Å². The molecule has 1 aromatic rings. The first-order valence-corrected chi connectivity index (χ1v) is 9.54. The van der Waals surface area contributed by atoms with Gasteiger partial charge >= 0.3 is 6.09 Å². The molecule has 1 aromatic carbocycles. The third-order valence-corrected chi connectivity index (χ3v) is 6.48. The fraction of sp³-hybridized carbons (Fsp3) is 0.562. The largest absolute Gasteiger partial charge is 0.497 e. The van der Waals surface area contributed by atoms with Gasteiger partial charge in [-0.3, -0.25) is 0 Å². The van der Waals surface area contributed by atoms with E-state index in [1.54, 1.807) is 31.4 Å². The lowest BCUT2D eigenvalue weighted by atomic mass is 10.1. The minimum absolute atomic E-state index is 0.0686. The molecule has 1 saturated heterocycles. The van der Waals surface area contributed by atoms with E-state index < -0.39 is 35.0 Å². The second-order valence-corrected chi connectivity index (χ2v) is 8.36. The van der Waals surface area contributed by atoms with Gasteiger partial charge in [0.1, 0.15) is 5.75 Å². The van der Waals surface area contributed by atoms with Gasteiger partial charge in [0.25, 0.3) is 10.2 Å². The first-order chi connectivity index (χ1) is 12.2. The predicted molar refractivity (Wildman–Crippen MR) is 95.2 cm³/mol. The van der Waals surface area contributed by atoms with Crippen LogP contribution in [-0.2, 0) is 16.8 Å².